The van der Waals surface area contributed by atoms with Gasteiger partial charge in [-0.15, -0.1) is 0 Å². The third-order valence-electron chi connectivity index (χ3n) is 2.90. The highest BCUT2D eigenvalue weighted by molar-refractivity contribution is 5.54. The molecule has 2 aromatic heterocycles. The summed E-state index contributed by atoms with van der Waals surface area (Å²) in [4.78, 5) is 12.2. The van der Waals surface area contributed by atoms with Crippen LogP contribution >= 0.6 is 0 Å². The van der Waals surface area contributed by atoms with Gasteiger partial charge in [-0.2, -0.15) is 0 Å². The fourth-order valence-electron chi connectivity index (χ4n) is 1.86. The van der Waals surface area contributed by atoms with Gasteiger partial charge in [0.2, 0.25) is 0 Å². The molecule has 1 aliphatic rings. The number of aryl methyl sites for hydroxylation is 1. The van der Waals surface area contributed by atoms with E-state index in [2.05, 4.69) is 20.3 Å². The predicted octanol–water partition coefficient (Wildman–Crippen LogP) is 2.03. The lowest BCUT2D eigenvalue weighted by Crippen LogP contribution is -2.17. The molecule has 3 rings (SSSR count). The summed E-state index contributed by atoms with van der Waals surface area (Å²) in [7, 11) is 0. The van der Waals surface area contributed by atoms with Gasteiger partial charge < -0.3 is 10.3 Å². The smallest absolute Gasteiger partial charge is 0.143 e. The number of H-pyrrole nitrogens is 1. The first kappa shape index (κ1) is 10.5. The van der Waals surface area contributed by atoms with E-state index in [0.717, 1.165) is 29.5 Å². The molecule has 1 saturated carbocycles. The molecule has 0 atom stereocenters. The van der Waals surface area contributed by atoms with E-state index in [1.807, 2.05) is 31.3 Å². The SMILES string of the molecule is Cc1cc(-c2ccc[nH]2)nc(CNC2CC2)n1. The fraction of sp³-hybridized carbons (Fsp3) is 0.385. The Morgan fingerprint density at radius 3 is 3.00 bits per heavy atom. The maximum Gasteiger partial charge on any atom is 0.143 e. The molecule has 0 spiro atoms. The van der Waals surface area contributed by atoms with Crippen LogP contribution < -0.4 is 5.32 Å². The van der Waals surface area contributed by atoms with Crippen LogP contribution in [0.2, 0.25) is 0 Å². The van der Waals surface area contributed by atoms with Crippen molar-refractivity contribution in [2.24, 2.45) is 0 Å². The Labute approximate surface area is 101 Å². The number of hydrogen-bond donors (Lipinski definition) is 2. The molecule has 2 heterocycles. The van der Waals surface area contributed by atoms with Gasteiger partial charge >= 0.3 is 0 Å². The predicted molar refractivity (Wildman–Crippen MR) is 66.4 cm³/mol. The molecule has 1 aliphatic carbocycles. The van der Waals surface area contributed by atoms with Crippen LogP contribution in [0.25, 0.3) is 11.4 Å². The fourth-order valence-corrected chi connectivity index (χ4v) is 1.86. The van der Waals surface area contributed by atoms with E-state index >= 15 is 0 Å². The molecule has 0 bridgehead atoms. The van der Waals surface area contributed by atoms with E-state index in [-0.39, 0.29) is 0 Å². The van der Waals surface area contributed by atoms with Crippen molar-refractivity contribution in [1.29, 1.82) is 0 Å². The second kappa shape index (κ2) is 4.30. The van der Waals surface area contributed by atoms with Crippen LogP contribution in [0.3, 0.4) is 0 Å². The Hall–Kier alpha value is -1.68. The first-order valence-corrected chi connectivity index (χ1v) is 6.03. The molecule has 0 unspecified atom stereocenters. The third kappa shape index (κ3) is 2.53. The largest absolute Gasteiger partial charge is 0.360 e. The van der Waals surface area contributed by atoms with Crippen molar-refractivity contribution in [3.63, 3.8) is 0 Å². The van der Waals surface area contributed by atoms with Crippen LogP contribution in [0.15, 0.2) is 24.4 Å². The summed E-state index contributed by atoms with van der Waals surface area (Å²) in [5.74, 6) is 0.876. The number of aromatic amines is 1. The van der Waals surface area contributed by atoms with Gasteiger partial charge in [-0.05, 0) is 38.0 Å². The standard InChI is InChI=1S/C13H16N4/c1-9-7-12(11-3-2-6-14-11)17-13(16-9)8-15-10-4-5-10/h2-3,6-7,10,14-15H,4-5,8H2,1H3. The van der Waals surface area contributed by atoms with Crippen LogP contribution in [-0.4, -0.2) is 21.0 Å². The maximum absolute atomic E-state index is 4.57. The topological polar surface area (TPSA) is 53.6 Å². The third-order valence-corrected chi connectivity index (χ3v) is 2.90. The zero-order valence-electron chi connectivity index (χ0n) is 9.90. The minimum absolute atomic E-state index is 0.688. The van der Waals surface area contributed by atoms with Crippen LogP contribution in [-0.2, 0) is 6.54 Å². The molecule has 0 aromatic carbocycles. The van der Waals surface area contributed by atoms with E-state index < -0.39 is 0 Å². The normalized spacial score (nSPS) is 15.1. The lowest BCUT2D eigenvalue weighted by Gasteiger charge is -2.05. The van der Waals surface area contributed by atoms with E-state index in [4.69, 9.17) is 0 Å². The second-order valence-corrected chi connectivity index (χ2v) is 4.55. The number of hydrogen-bond acceptors (Lipinski definition) is 3. The van der Waals surface area contributed by atoms with Crippen molar-refractivity contribution >= 4 is 0 Å². The maximum atomic E-state index is 4.57. The van der Waals surface area contributed by atoms with Crippen LogP contribution in [0, 0.1) is 6.92 Å². The average Bonchev–Trinajstić information content (AvgIpc) is 2.98. The van der Waals surface area contributed by atoms with Crippen molar-refractivity contribution in [2.75, 3.05) is 0 Å². The molecule has 0 amide bonds. The van der Waals surface area contributed by atoms with Gasteiger partial charge in [0, 0.05) is 17.9 Å². The van der Waals surface area contributed by atoms with Crippen molar-refractivity contribution in [2.45, 2.75) is 32.4 Å². The summed E-state index contributed by atoms with van der Waals surface area (Å²) in [6.07, 6.45) is 4.49. The Morgan fingerprint density at radius 1 is 1.41 bits per heavy atom. The molecule has 2 N–H and O–H groups in total. The number of rotatable bonds is 4. The summed E-state index contributed by atoms with van der Waals surface area (Å²) >= 11 is 0. The van der Waals surface area contributed by atoms with Gasteiger partial charge in [-0.25, -0.2) is 9.97 Å². The van der Waals surface area contributed by atoms with Crippen molar-refractivity contribution < 1.29 is 0 Å². The number of aromatic nitrogens is 3. The summed E-state index contributed by atoms with van der Waals surface area (Å²) in [6.45, 7) is 2.77. The second-order valence-electron chi connectivity index (χ2n) is 4.55. The van der Waals surface area contributed by atoms with Gasteiger partial charge in [0.25, 0.3) is 0 Å². The first-order valence-electron chi connectivity index (χ1n) is 6.03. The first-order chi connectivity index (χ1) is 8.31. The van der Waals surface area contributed by atoms with E-state index in [0.29, 0.717) is 6.04 Å². The van der Waals surface area contributed by atoms with Crippen molar-refractivity contribution in [3.8, 4) is 11.4 Å². The van der Waals surface area contributed by atoms with E-state index in [1.54, 1.807) is 0 Å². The molecular weight excluding hydrogens is 212 g/mol. The summed E-state index contributed by atoms with van der Waals surface area (Å²) in [6, 6.07) is 6.70. The summed E-state index contributed by atoms with van der Waals surface area (Å²) < 4.78 is 0. The van der Waals surface area contributed by atoms with Gasteiger partial charge in [0.05, 0.1) is 17.9 Å². The Kier molecular flexibility index (Phi) is 2.65. The molecule has 0 radical (unpaired) electrons. The molecule has 4 nitrogen and oxygen atoms in total. The highest BCUT2D eigenvalue weighted by atomic mass is 15.0. The Morgan fingerprint density at radius 2 is 2.29 bits per heavy atom. The lowest BCUT2D eigenvalue weighted by molar-refractivity contribution is 0.656. The minimum atomic E-state index is 0.688. The molecule has 4 heteroatoms. The summed E-state index contributed by atoms with van der Waals surface area (Å²) in [5, 5.41) is 3.44. The Bertz CT molecular complexity index is 500. The number of nitrogens with one attached hydrogen (secondary N) is 2. The average molecular weight is 228 g/mol. The van der Waals surface area contributed by atoms with Gasteiger partial charge in [0.1, 0.15) is 5.82 Å². The quantitative estimate of drug-likeness (QED) is 0.842. The monoisotopic (exact) mass is 228 g/mol. The molecule has 88 valence electrons. The highest BCUT2D eigenvalue weighted by Crippen LogP contribution is 2.19. The van der Waals surface area contributed by atoms with Gasteiger partial charge in [0.15, 0.2) is 0 Å². The molecule has 0 saturated heterocycles. The molecule has 1 fully saturated rings. The van der Waals surface area contributed by atoms with Crippen LogP contribution in [0.4, 0.5) is 0 Å². The molecule has 2 aromatic rings. The zero-order valence-corrected chi connectivity index (χ0v) is 9.90. The van der Waals surface area contributed by atoms with Crippen LogP contribution in [0.1, 0.15) is 24.4 Å². The summed E-state index contributed by atoms with van der Waals surface area (Å²) in [5.41, 5.74) is 3.02. The van der Waals surface area contributed by atoms with Crippen molar-refractivity contribution in [3.05, 3.63) is 35.9 Å². The van der Waals surface area contributed by atoms with E-state index in [1.165, 1.54) is 12.8 Å². The zero-order chi connectivity index (χ0) is 11.7. The molecule has 17 heavy (non-hydrogen) atoms. The highest BCUT2D eigenvalue weighted by Gasteiger charge is 2.20. The van der Waals surface area contributed by atoms with Crippen LogP contribution in [0.5, 0.6) is 0 Å². The lowest BCUT2D eigenvalue weighted by atomic mass is 10.2. The van der Waals surface area contributed by atoms with Gasteiger partial charge in [-0.3, -0.25) is 0 Å². The minimum Gasteiger partial charge on any atom is -0.360 e. The van der Waals surface area contributed by atoms with Gasteiger partial charge in [-0.1, -0.05) is 0 Å². The van der Waals surface area contributed by atoms with E-state index in [9.17, 15) is 0 Å². The molecule has 0 aliphatic heterocycles. The molecular formula is C13H16N4. The van der Waals surface area contributed by atoms with Crippen molar-refractivity contribution in [1.82, 2.24) is 20.3 Å². The Balaban J connectivity index is 1.83. The number of nitrogens with zero attached hydrogens (tertiary/aromatic N) is 2.